The zero-order valence-corrected chi connectivity index (χ0v) is 12.2. The van der Waals surface area contributed by atoms with Crippen LogP contribution in [0.15, 0.2) is 65.7 Å². The molecule has 1 heterocycles. The summed E-state index contributed by atoms with van der Waals surface area (Å²) in [5.41, 5.74) is 1.99. The summed E-state index contributed by atoms with van der Waals surface area (Å²) in [7, 11) is 0. The van der Waals surface area contributed by atoms with Gasteiger partial charge in [-0.3, -0.25) is 0 Å². The van der Waals surface area contributed by atoms with Crippen LogP contribution in [-0.4, -0.2) is 25.7 Å². The van der Waals surface area contributed by atoms with Gasteiger partial charge in [0.15, 0.2) is 0 Å². The lowest BCUT2D eigenvalue weighted by Gasteiger charge is -2.37. The van der Waals surface area contributed by atoms with Crippen molar-refractivity contribution in [2.45, 2.75) is 6.92 Å². The van der Waals surface area contributed by atoms with Crippen molar-refractivity contribution in [3.8, 4) is 0 Å². The smallest absolute Gasteiger partial charge is 0.221 e. The van der Waals surface area contributed by atoms with E-state index in [2.05, 4.69) is 11.9 Å². The maximum atomic E-state index is 6.01. The van der Waals surface area contributed by atoms with Crippen LogP contribution in [0.4, 0.5) is 5.69 Å². The second-order valence-corrected chi connectivity index (χ2v) is 5.71. The molecule has 3 heteroatoms. The van der Waals surface area contributed by atoms with Gasteiger partial charge in [0, 0.05) is 11.0 Å². The van der Waals surface area contributed by atoms with Crippen LogP contribution < -0.4 is 0 Å². The third-order valence-electron chi connectivity index (χ3n) is 3.47. The molecule has 0 bridgehead atoms. The molecule has 0 amide bonds. The monoisotopic (exact) mass is 281 g/mol. The highest BCUT2D eigenvalue weighted by atomic mass is 16.5. The summed E-state index contributed by atoms with van der Waals surface area (Å²) in [6.07, 6.45) is 0. The zero-order valence-electron chi connectivity index (χ0n) is 12.2. The molecular formula is C18H19NO2. The third-order valence-corrected chi connectivity index (χ3v) is 3.47. The molecule has 0 unspecified atom stereocenters. The summed E-state index contributed by atoms with van der Waals surface area (Å²) in [5.74, 6) is 0.662. The van der Waals surface area contributed by atoms with Crippen LogP contribution in [0.1, 0.15) is 12.5 Å². The van der Waals surface area contributed by atoms with Crippen LogP contribution in [0.2, 0.25) is 0 Å². The lowest BCUT2D eigenvalue weighted by Crippen LogP contribution is -2.44. The number of ether oxygens (including phenoxy) is 2. The highest BCUT2D eigenvalue weighted by Gasteiger charge is 2.34. The number of nitrogens with zero attached hydrogens (tertiary/aromatic N) is 1. The minimum Gasteiger partial charge on any atom is -0.476 e. The molecule has 3 nitrogen and oxygen atoms in total. The van der Waals surface area contributed by atoms with Gasteiger partial charge in [0.25, 0.3) is 0 Å². The molecule has 0 radical (unpaired) electrons. The molecule has 0 aromatic heterocycles. The van der Waals surface area contributed by atoms with E-state index in [9.17, 15) is 0 Å². The Bertz CT molecular complexity index is 604. The first-order valence-corrected chi connectivity index (χ1v) is 7.15. The molecule has 2 aromatic carbocycles. The number of hydrogen-bond donors (Lipinski definition) is 0. The second-order valence-electron chi connectivity index (χ2n) is 5.71. The van der Waals surface area contributed by atoms with Crippen molar-refractivity contribution in [1.29, 1.82) is 0 Å². The van der Waals surface area contributed by atoms with Gasteiger partial charge in [-0.15, -0.1) is 0 Å². The molecule has 108 valence electrons. The summed E-state index contributed by atoms with van der Waals surface area (Å²) >= 11 is 0. The summed E-state index contributed by atoms with van der Waals surface area (Å²) in [6, 6.07) is 19.9. The SMILES string of the molecule is CC1(COC(=Nc2ccccc2)c2ccccc2)COC1. The van der Waals surface area contributed by atoms with E-state index in [1.807, 2.05) is 60.7 Å². The maximum absolute atomic E-state index is 6.01. The van der Waals surface area contributed by atoms with Gasteiger partial charge >= 0.3 is 0 Å². The van der Waals surface area contributed by atoms with Crippen LogP contribution in [0.5, 0.6) is 0 Å². The average Bonchev–Trinajstić information content (AvgIpc) is 2.51. The first-order chi connectivity index (χ1) is 10.3. The summed E-state index contributed by atoms with van der Waals surface area (Å²) in [4.78, 5) is 4.64. The predicted octanol–water partition coefficient (Wildman–Crippen LogP) is 3.82. The lowest BCUT2D eigenvalue weighted by atomic mass is 9.90. The fraction of sp³-hybridized carbons (Fsp3) is 0.278. The molecule has 0 saturated carbocycles. The number of aliphatic imine (C=N–C) groups is 1. The molecule has 0 N–H and O–H groups in total. The number of para-hydroxylation sites is 1. The first-order valence-electron chi connectivity index (χ1n) is 7.15. The van der Waals surface area contributed by atoms with E-state index in [0.29, 0.717) is 12.5 Å². The van der Waals surface area contributed by atoms with Gasteiger partial charge in [-0.2, -0.15) is 0 Å². The van der Waals surface area contributed by atoms with Gasteiger partial charge in [-0.1, -0.05) is 43.3 Å². The zero-order chi connectivity index (χ0) is 14.5. The van der Waals surface area contributed by atoms with E-state index in [0.717, 1.165) is 24.5 Å². The van der Waals surface area contributed by atoms with Gasteiger partial charge in [-0.05, 0) is 24.3 Å². The average molecular weight is 281 g/mol. The Morgan fingerprint density at radius 1 is 1.05 bits per heavy atom. The Morgan fingerprint density at radius 2 is 1.67 bits per heavy atom. The van der Waals surface area contributed by atoms with Crippen molar-refractivity contribution in [2.24, 2.45) is 10.4 Å². The van der Waals surface area contributed by atoms with Crippen molar-refractivity contribution in [3.05, 3.63) is 66.2 Å². The Kier molecular flexibility index (Phi) is 4.02. The van der Waals surface area contributed by atoms with E-state index < -0.39 is 0 Å². The Hall–Kier alpha value is -2.13. The first kappa shape index (κ1) is 13.8. The minimum atomic E-state index is 0.103. The van der Waals surface area contributed by atoms with Crippen molar-refractivity contribution >= 4 is 11.6 Å². The minimum absolute atomic E-state index is 0.103. The summed E-state index contributed by atoms with van der Waals surface area (Å²) < 4.78 is 11.3. The molecule has 1 fully saturated rings. The van der Waals surface area contributed by atoms with Gasteiger partial charge in [0.2, 0.25) is 5.90 Å². The topological polar surface area (TPSA) is 30.8 Å². The van der Waals surface area contributed by atoms with Crippen LogP contribution in [0.3, 0.4) is 0 Å². The molecule has 0 aliphatic carbocycles. The van der Waals surface area contributed by atoms with E-state index in [1.54, 1.807) is 0 Å². The van der Waals surface area contributed by atoms with Crippen LogP contribution in [0.25, 0.3) is 0 Å². The highest BCUT2D eigenvalue weighted by molar-refractivity contribution is 5.95. The standard InChI is InChI=1S/C18H19NO2/c1-18(12-20-13-18)14-21-17(15-8-4-2-5-9-15)19-16-10-6-3-7-11-16/h2-11H,12-14H2,1H3. The number of rotatable bonds is 4. The van der Waals surface area contributed by atoms with Crippen LogP contribution in [-0.2, 0) is 9.47 Å². The van der Waals surface area contributed by atoms with Crippen molar-refractivity contribution in [2.75, 3.05) is 19.8 Å². The molecule has 2 aromatic rings. The lowest BCUT2D eigenvalue weighted by molar-refractivity contribution is -0.122. The summed E-state index contributed by atoms with van der Waals surface area (Å²) in [5, 5.41) is 0. The fourth-order valence-electron chi connectivity index (χ4n) is 2.16. The van der Waals surface area contributed by atoms with Gasteiger partial charge in [0.1, 0.15) is 0 Å². The van der Waals surface area contributed by atoms with E-state index in [4.69, 9.17) is 9.47 Å². The van der Waals surface area contributed by atoms with Gasteiger partial charge < -0.3 is 9.47 Å². The Balaban J connectivity index is 1.82. The Morgan fingerprint density at radius 3 is 2.24 bits per heavy atom. The van der Waals surface area contributed by atoms with Crippen molar-refractivity contribution < 1.29 is 9.47 Å². The van der Waals surface area contributed by atoms with Gasteiger partial charge in [0.05, 0.1) is 25.5 Å². The Labute approximate surface area is 125 Å². The molecule has 1 saturated heterocycles. The highest BCUT2D eigenvalue weighted by Crippen LogP contribution is 2.27. The second kappa shape index (κ2) is 6.10. The molecule has 1 aliphatic rings. The molecular weight excluding hydrogens is 262 g/mol. The van der Waals surface area contributed by atoms with Crippen LogP contribution in [0, 0.1) is 5.41 Å². The predicted molar refractivity (Wildman–Crippen MR) is 84.0 cm³/mol. The summed E-state index contributed by atoms with van der Waals surface area (Å²) in [6.45, 7) is 4.29. The molecule has 1 aliphatic heterocycles. The molecule has 0 atom stereocenters. The number of benzene rings is 2. The van der Waals surface area contributed by atoms with E-state index in [1.165, 1.54) is 0 Å². The maximum Gasteiger partial charge on any atom is 0.221 e. The van der Waals surface area contributed by atoms with E-state index >= 15 is 0 Å². The molecule has 3 rings (SSSR count). The number of hydrogen-bond acceptors (Lipinski definition) is 3. The molecule has 21 heavy (non-hydrogen) atoms. The largest absolute Gasteiger partial charge is 0.476 e. The van der Waals surface area contributed by atoms with Gasteiger partial charge in [-0.25, -0.2) is 4.99 Å². The normalized spacial score (nSPS) is 17.1. The van der Waals surface area contributed by atoms with E-state index in [-0.39, 0.29) is 5.41 Å². The van der Waals surface area contributed by atoms with Crippen molar-refractivity contribution in [3.63, 3.8) is 0 Å². The van der Waals surface area contributed by atoms with Crippen LogP contribution >= 0.6 is 0 Å². The fourth-order valence-corrected chi connectivity index (χ4v) is 2.16. The third kappa shape index (κ3) is 3.50. The van der Waals surface area contributed by atoms with Crippen molar-refractivity contribution in [1.82, 2.24) is 0 Å². The molecule has 0 spiro atoms. The quantitative estimate of drug-likeness (QED) is 0.630.